The summed E-state index contributed by atoms with van der Waals surface area (Å²) in [4.78, 5) is 2.72. The molecule has 1 aliphatic heterocycles. The number of aryl methyl sites for hydroxylation is 1. The Morgan fingerprint density at radius 3 is 1.97 bits per heavy atom. The quantitative estimate of drug-likeness (QED) is 0.228. The molecule has 1 fully saturated rings. The summed E-state index contributed by atoms with van der Waals surface area (Å²) < 4.78 is 2.46. The van der Waals surface area contributed by atoms with Crippen molar-refractivity contribution >= 4 is 33.2 Å². The maximum atomic E-state index is 2.72. The maximum Gasteiger partial charge on any atom is 0.0541 e. The minimum absolute atomic E-state index is 0.0377. The van der Waals surface area contributed by atoms with Gasteiger partial charge in [-0.05, 0) is 85.2 Å². The van der Waals surface area contributed by atoms with Crippen LogP contribution in [0.1, 0.15) is 77.0 Å². The molecule has 5 aromatic rings. The van der Waals surface area contributed by atoms with Gasteiger partial charge < -0.3 is 9.47 Å². The van der Waals surface area contributed by atoms with Crippen LogP contribution < -0.4 is 4.90 Å². The van der Waals surface area contributed by atoms with Gasteiger partial charge in [-0.25, -0.2) is 0 Å². The molecule has 2 nitrogen and oxygen atoms in total. The number of rotatable bonds is 2. The molecular weight excluding hydrogens is 472 g/mol. The highest BCUT2D eigenvalue weighted by Crippen LogP contribution is 2.61. The van der Waals surface area contributed by atoms with Crippen LogP contribution in [0.4, 0.5) is 11.4 Å². The van der Waals surface area contributed by atoms with Gasteiger partial charge in [0.2, 0.25) is 0 Å². The Balaban J connectivity index is 1.48. The summed E-state index contributed by atoms with van der Waals surface area (Å²) in [6.07, 6.45) is 5.04. The molecule has 7 rings (SSSR count). The average Bonchev–Trinajstić information content (AvgIpc) is 3.34. The van der Waals surface area contributed by atoms with E-state index in [1.807, 2.05) is 0 Å². The van der Waals surface area contributed by atoms with Crippen LogP contribution in [-0.2, 0) is 10.8 Å². The Bertz CT molecular complexity index is 1700. The van der Waals surface area contributed by atoms with Crippen molar-refractivity contribution in [1.29, 1.82) is 0 Å². The number of anilines is 2. The van der Waals surface area contributed by atoms with E-state index in [-0.39, 0.29) is 16.4 Å². The van der Waals surface area contributed by atoms with Gasteiger partial charge in [0.25, 0.3) is 0 Å². The SMILES string of the molecule is Cc1cc(N2c3ccc(C(C)(C)C)cc3C3(C)CCCCC23C)cc(-n2c3ccccc3c3ccccc32)c1. The summed E-state index contributed by atoms with van der Waals surface area (Å²) >= 11 is 0. The van der Waals surface area contributed by atoms with E-state index < -0.39 is 0 Å². The second-order valence-electron chi connectivity index (χ2n) is 13.5. The smallest absolute Gasteiger partial charge is 0.0541 e. The van der Waals surface area contributed by atoms with Crippen LogP contribution in [-0.4, -0.2) is 10.1 Å². The Labute approximate surface area is 233 Å². The van der Waals surface area contributed by atoms with Gasteiger partial charge in [-0.15, -0.1) is 0 Å². The molecule has 2 atom stereocenters. The molecule has 2 unspecified atom stereocenters. The molecule has 0 amide bonds. The van der Waals surface area contributed by atoms with E-state index in [1.165, 1.54) is 81.2 Å². The van der Waals surface area contributed by atoms with Gasteiger partial charge in [-0.3, -0.25) is 0 Å². The van der Waals surface area contributed by atoms with Gasteiger partial charge in [0.1, 0.15) is 0 Å². The fourth-order valence-corrected chi connectivity index (χ4v) is 7.81. The zero-order valence-corrected chi connectivity index (χ0v) is 24.3. The zero-order valence-electron chi connectivity index (χ0n) is 24.3. The van der Waals surface area contributed by atoms with Crippen molar-refractivity contribution in [3.63, 3.8) is 0 Å². The summed E-state index contributed by atoms with van der Waals surface area (Å²) in [7, 11) is 0. The number of hydrogen-bond acceptors (Lipinski definition) is 1. The molecule has 1 saturated carbocycles. The van der Waals surface area contributed by atoms with Gasteiger partial charge in [0.05, 0.1) is 16.6 Å². The van der Waals surface area contributed by atoms with Gasteiger partial charge in [-0.1, -0.05) is 89.1 Å². The minimum atomic E-state index is 0.0377. The zero-order chi connectivity index (χ0) is 27.2. The lowest BCUT2D eigenvalue weighted by Gasteiger charge is -2.50. The fourth-order valence-electron chi connectivity index (χ4n) is 7.81. The normalized spacial score (nSPS) is 22.9. The van der Waals surface area contributed by atoms with E-state index >= 15 is 0 Å². The topological polar surface area (TPSA) is 8.17 Å². The van der Waals surface area contributed by atoms with Crippen LogP contribution in [0.25, 0.3) is 27.5 Å². The molecule has 1 aliphatic carbocycles. The Kier molecular flexibility index (Phi) is 5.18. The molecule has 198 valence electrons. The van der Waals surface area contributed by atoms with Gasteiger partial charge >= 0.3 is 0 Å². The van der Waals surface area contributed by atoms with Crippen molar-refractivity contribution in [2.24, 2.45) is 0 Å². The summed E-state index contributed by atoms with van der Waals surface area (Å²) in [5, 5.41) is 2.62. The molecule has 0 spiro atoms. The monoisotopic (exact) mass is 512 g/mol. The molecule has 0 N–H and O–H groups in total. The van der Waals surface area contributed by atoms with Gasteiger partial charge in [0, 0.05) is 33.2 Å². The highest BCUT2D eigenvalue weighted by molar-refractivity contribution is 6.09. The fraction of sp³-hybridized carbons (Fsp3) is 0.351. The first kappa shape index (κ1) is 24.5. The van der Waals surface area contributed by atoms with Crippen LogP contribution in [0.3, 0.4) is 0 Å². The number of benzene rings is 4. The number of nitrogens with zero attached hydrogens (tertiary/aromatic N) is 2. The van der Waals surface area contributed by atoms with Crippen molar-refractivity contribution < 1.29 is 0 Å². The number of aromatic nitrogens is 1. The first-order chi connectivity index (χ1) is 18.6. The van der Waals surface area contributed by atoms with E-state index in [0.717, 1.165) is 0 Å². The third-order valence-electron chi connectivity index (χ3n) is 10.1. The molecule has 0 saturated heterocycles. The molecule has 2 aliphatic rings. The molecule has 0 bridgehead atoms. The number of para-hydroxylation sites is 2. The predicted molar refractivity (Wildman–Crippen MR) is 167 cm³/mol. The van der Waals surface area contributed by atoms with Crippen LogP contribution in [0, 0.1) is 6.92 Å². The Morgan fingerprint density at radius 2 is 1.31 bits per heavy atom. The van der Waals surface area contributed by atoms with Gasteiger partial charge in [-0.2, -0.15) is 0 Å². The lowest BCUT2D eigenvalue weighted by atomic mass is 9.61. The summed E-state index contributed by atoms with van der Waals surface area (Å²) in [6.45, 7) is 14.3. The molecule has 39 heavy (non-hydrogen) atoms. The van der Waals surface area contributed by atoms with Crippen LogP contribution in [0.5, 0.6) is 0 Å². The standard InChI is InChI=1S/C37H40N2/c1-25-21-27(38-32-15-9-7-13-29(32)30-14-8-10-16-33(30)38)24-28(22-25)39-34-18-17-26(35(2,3)4)23-31(34)36(5)19-11-12-20-37(36,39)6/h7-10,13-18,21-24H,11-12,19-20H2,1-6H3. The van der Waals surface area contributed by atoms with Crippen LogP contribution in [0.2, 0.25) is 0 Å². The van der Waals surface area contributed by atoms with E-state index in [9.17, 15) is 0 Å². The third-order valence-corrected chi connectivity index (χ3v) is 10.1. The van der Waals surface area contributed by atoms with E-state index in [0.29, 0.717) is 0 Å². The minimum Gasteiger partial charge on any atom is -0.334 e. The number of fused-ring (bicyclic) bond motifs is 6. The van der Waals surface area contributed by atoms with E-state index in [1.54, 1.807) is 0 Å². The lowest BCUT2D eigenvalue weighted by molar-refractivity contribution is 0.194. The predicted octanol–water partition coefficient (Wildman–Crippen LogP) is 10.1. The van der Waals surface area contributed by atoms with Crippen molar-refractivity contribution in [1.82, 2.24) is 4.57 Å². The van der Waals surface area contributed by atoms with E-state index in [4.69, 9.17) is 0 Å². The molecular formula is C37H40N2. The number of hydrogen-bond donors (Lipinski definition) is 0. The highest BCUT2D eigenvalue weighted by atomic mass is 15.3. The van der Waals surface area contributed by atoms with Crippen molar-refractivity contribution in [3.05, 3.63) is 102 Å². The second kappa shape index (κ2) is 8.24. The van der Waals surface area contributed by atoms with Crippen molar-refractivity contribution in [2.75, 3.05) is 4.90 Å². The molecule has 1 aromatic heterocycles. The molecule has 4 aromatic carbocycles. The van der Waals surface area contributed by atoms with Crippen LogP contribution in [0.15, 0.2) is 84.9 Å². The summed E-state index contributed by atoms with van der Waals surface area (Å²) in [5.41, 5.74) is 11.0. The Hall–Kier alpha value is -3.52. The van der Waals surface area contributed by atoms with Crippen molar-refractivity contribution in [3.8, 4) is 5.69 Å². The second-order valence-corrected chi connectivity index (χ2v) is 13.5. The van der Waals surface area contributed by atoms with Gasteiger partial charge in [0.15, 0.2) is 0 Å². The highest BCUT2D eigenvalue weighted by Gasteiger charge is 2.57. The largest absolute Gasteiger partial charge is 0.334 e. The molecule has 2 heteroatoms. The third kappa shape index (κ3) is 3.40. The van der Waals surface area contributed by atoms with Crippen LogP contribution >= 0.6 is 0 Å². The first-order valence-electron chi connectivity index (χ1n) is 14.7. The Morgan fingerprint density at radius 1 is 0.692 bits per heavy atom. The molecule has 0 radical (unpaired) electrons. The average molecular weight is 513 g/mol. The lowest BCUT2D eigenvalue weighted by Crippen LogP contribution is -2.54. The summed E-state index contributed by atoms with van der Waals surface area (Å²) in [6, 6.07) is 32.2. The molecule has 2 heterocycles. The summed E-state index contributed by atoms with van der Waals surface area (Å²) in [5.74, 6) is 0. The van der Waals surface area contributed by atoms with Crippen molar-refractivity contribution in [2.45, 2.75) is 83.6 Å². The first-order valence-corrected chi connectivity index (χ1v) is 14.7. The van der Waals surface area contributed by atoms with E-state index in [2.05, 4.69) is 136 Å². The maximum absolute atomic E-state index is 2.72.